The van der Waals surface area contributed by atoms with E-state index in [4.69, 9.17) is 11.6 Å². The van der Waals surface area contributed by atoms with Crippen LogP contribution in [-0.2, 0) is 9.59 Å². The third kappa shape index (κ3) is 4.59. The molecule has 2 aromatic carbocycles. The van der Waals surface area contributed by atoms with Gasteiger partial charge in [-0.25, -0.2) is 0 Å². The second-order valence-electron chi connectivity index (χ2n) is 5.88. The van der Waals surface area contributed by atoms with Crippen LogP contribution < -0.4 is 10.2 Å². The van der Waals surface area contributed by atoms with E-state index in [2.05, 4.69) is 19.2 Å². The van der Waals surface area contributed by atoms with Crippen molar-refractivity contribution in [2.45, 2.75) is 26.7 Å². The summed E-state index contributed by atoms with van der Waals surface area (Å²) in [4.78, 5) is 25.9. The van der Waals surface area contributed by atoms with Gasteiger partial charge in [-0.2, -0.15) is 0 Å². The predicted octanol–water partition coefficient (Wildman–Crippen LogP) is 4.46. The molecule has 24 heavy (non-hydrogen) atoms. The highest BCUT2D eigenvalue weighted by Crippen LogP contribution is 2.27. The van der Waals surface area contributed by atoms with Gasteiger partial charge in [-0.15, -0.1) is 0 Å². The summed E-state index contributed by atoms with van der Waals surface area (Å²) in [7, 11) is 0. The fourth-order valence-corrected chi connectivity index (χ4v) is 2.69. The number of para-hydroxylation sites is 1. The minimum atomic E-state index is -0.272. The van der Waals surface area contributed by atoms with E-state index in [1.807, 2.05) is 24.3 Å². The van der Waals surface area contributed by atoms with Crippen LogP contribution in [0.2, 0.25) is 5.02 Å². The molecule has 0 atom stereocenters. The second kappa shape index (κ2) is 7.97. The lowest BCUT2D eigenvalue weighted by Gasteiger charge is -2.25. The van der Waals surface area contributed by atoms with Crippen molar-refractivity contribution in [2.24, 2.45) is 0 Å². The first-order valence-electron chi connectivity index (χ1n) is 7.81. The molecule has 0 saturated carbocycles. The summed E-state index contributed by atoms with van der Waals surface area (Å²) in [5, 5.41) is 3.31. The largest absolute Gasteiger partial charge is 0.324 e. The molecule has 2 amide bonds. The van der Waals surface area contributed by atoms with Gasteiger partial charge in [0, 0.05) is 23.3 Å². The predicted molar refractivity (Wildman–Crippen MR) is 98.6 cm³/mol. The molecule has 0 unspecified atom stereocenters. The van der Waals surface area contributed by atoms with Gasteiger partial charge in [-0.1, -0.05) is 49.7 Å². The molecule has 0 aliphatic carbocycles. The van der Waals surface area contributed by atoms with Crippen molar-refractivity contribution in [3.63, 3.8) is 0 Å². The van der Waals surface area contributed by atoms with Crippen LogP contribution >= 0.6 is 11.6 Å². The number of benzene rings is 2. The van der Waals surface area contributed by atoms with Gasteiger partial charge in [0.2, 0.25) is 11.8 Å². The van der Waals surface area contributed by atoms with Crippen LogP contribution in [0.1, 0.15) is 32.3 Å². The number of carbonyl (C=O) groups excluding carboxylic acids is 2. The molecule has 0 aliphatic rings. The Hall–Kier alpha value is -2.33. The first-order chi connectivity index (χ1) is 11.4. The maximum Gasteiger partial charge on any atom is 0.244 e. The second-order valence-corrected chi connectivity index (χ2v) is 6.31. The number of nitrogens with zero attached hydrogens (tertiary/aromatic N) is 1. The molecule has 2 aromatic rings. The molecular formula is C19H21ClN2O2. The number of halogens is 1. The highest BCUT2D eigenvalue weighted by molar-refractivity contribution is 6.30. The monoisotopic (exact) mass is 344 g/mol. The molecule has 5 heteroatoms. The van der Waals surface area contributed by atoms with Crippen molar-refractivity contribution < 1.29 is 9.59 Å². The zero-order valence-electron chi connectivity index (χ0n) is 14.0. The van der Waals surface area contributed by atoms with Gasteiger partial charge in [-0.05, 0) is 35.7 Å². The average Bonchev–Trinajstić information content (AvgIpc) is 2.52. The van der Waals surface area contributed by atoms with E-state index in [-0.39, 0.29) is 24.3 Å². The van der Waals surface area contributed by atoms with E-state index in [0.717, 1.165) is 11.3 Å². The summed E-state index contributed by atoms with van der Waals surface area (Å²) in [5.74, 6) is -0.200. The third-order valence-corrected chi connectivity index (χ3v) is 3.87. The smallest absolute Gasteiger partial charge is 0.244 e. The van der Waals surface area contributed by atoms with Gasteiger partial charge in [0.25, 0.3) is 0 Å². The Morgan fingerprint density at radius 2 is 1.83 bits per heavy atom. The Balaban J connectivity index is 2.20. The maximum absolute atomic E-state index is 12.3. The van der Waals surface area contributed by atoms with Crippen LogP contribution in [0.3, 0.4) is 0 Å². The summed E-state index contributed by atoms with van der Waals surface area (Å²) >= 11 is 5.92. The minimum absolute atomic E-state index is 0.0500. The van der Waals surface area contributed by atoms with Gasteiger partial charge in [0.05, 0.1) is 0 Å². The Labute approximate surface area is 147 Å². The van der Waals surface area contributed by atoms with Crippen molar-refractivity contribution in [3.05, 3.63) is 59.1 Å². The van der Waals surface area contributed by atoms with E-state index in [0.29, 0.717) is 10.7 Å². The Bertz CT molecular complexity index is 744. The number of hydrogen-bond acceptors (Lipinski definition) is 2. The van der Waals surface area contributed by atoms with Crippen molar-refractivity contribution in [2.75, 3.05) is 16.8 Å². The van der Waals surface area contributed by atoms with Crippen molar-refractivity contribution in [3.8, 4) is 0 Å². The molecule has 0 spiro atoms. The van der Waals surface area contributed by atoms with Crippen LogP contribution in [-0.4, -0.2) is 18.4 Å². The van der Waals surface area contributed by atoms with E-state index >= 15 is 0 Å². The first-order valence-corrected chi connectivity index (χ1v) is 8.18. The lowest BCUT2D eigenvalue weighted by molar-refractivity contribution is -0.120. The Morgan fingerprint density at radius 3 is 2.46 bits per heavy atom. The molecule has 1 N–H and O–H groups in total. The van der Waals surface area contributed by atoms with Gasteiger partial charge in [0.1, 0.15) is 6.54 Å². The Kier molecular flexibility index (Phi) is 5.99. The summed E-state index contributed by atoms with van der Waals surface area (Å²) < 4.78 is 0. The van der Waals surface area contributed by atoms with Crippen molar-refractivity contribution >= 4 is 34.8 Å². The quantitative estimate of drug-likeness (QED) is 0.870. The van der Waals surface area contributed by atoms with Gasteiger partial charge >= 0.3 is 0 Å². The SMILES string of the molecule is CC(=O)N(CC(=O)Nc1cccc(Cl)c1)c1ccccc1C(C)C. The molecule has 4 nitrogen and oxygen atoms in total. The van der Waals surface area contributed by atoms with Gasteiger partial charge in [0.15, 0.2) is 0 Å². The fourth-order valence-electron chi connectivity index (χ4n) is 2.50. The van der Waals surface area contributed by atoms with E-state index < -0.39 is 0 Å². The maximum atomic E-state index is 12.3. The summed E-state index contributed by atoms with van der Waals surface area (Å²) in [6.07, 6.45) is 0. The molecular weight excluding hydrogens is 324 g/mol. The van der Waals surface area contributed by atoms with Crippen LogP contribution in [0.25, 0.3) is 0 Å². The number of carbonyl (C=O) groups is 2. The van der Waals surface area contributed by atoms with E-state index in [1.165, 1.54) is 11.8 Å². The summed E-state index contributed by atoms with van der Waals surface area (Å²) in [6, 6.07) is 14.6. The number of nitrogens with one attached hydrogen (secondary N) is 1. The van der Waals surface area contributed by atoms with Crippen LogP contribution in [0.5, 0.6) is 0 Å². The highest BCUT2D eigenvalue weighted by atomic mass is 35.5. The lowest BCUT2D eigenvalue weighted by atomic mass is 10.0. The van der Waals surface area contributed by atoms with E-state index in [9.17, 15) is 9.59 Å². The number of amides is 2. The van der Waals surface area contributed by atoms with Crippen molar-refractivity contribution in [1.82, 2.24) is 0 Å². The summed E-state index contributed by atoms with van der Waals surface area (Å²) in [6.45, 7) is 5.53. The zero-order chi connectivity index (χ0) is 17.7. The fraction of sp³-hybridized carbons (Fsp3) is 0.263. The van der Waals surface area contributed by atoms with E-state index in [1.54, 1.807) is 24.3 Å². The standard InChI is InChI=1S/C19H21ClN2O2/c1-13(2)17-9-4-5-10-18(17)22(14(3)23)12-19(24)21-16-8-6-7-15(20)11-16/h4-11,13H,12H2,1-3H3,(H,21,24). The van der Waals surface area contributed by atoms with Crippen molar-refractivity contribution in [1.29, 1.82) is 0 Å². The summed E-state index contributed by atoms with van der Waals surface area (Å²) in [5.41, 5.74) is 2.40. The molecule has 0 aliphatic heterocycles. The normalized spacial score (nSPS) is 10.5. The molecule has 2 rings (SSSR count). The number of rotatable bonds is 5. The molecule has 126 valence electrons. The minimum Gasteiger partial charge on any atom is -0.324 e. The van der Waals surface area contributed by atoms with Gasteiger partial charge < -0.3 is 10.2 Å². The molecule has 0 heterocycles. The average molecular weight is 345 g/mol. The Morgan fingerprint density at radius 1 is 1.12 bits per heavy atom. The number of anilines is 2. The number of hydrogen-bond donors (Lipinski definition) is 1. The van der Waals surface area contributed by atoms with Crippen LogP contribution in [0, 0.1) is 0 Å². The third-order valence-electron chi connectivity index (χ3n) is 3.64. The molecule has 0 bridgehead atoms. The lowest BCUT2D eigenvalue weighted by Crippen LogP contribution is -2.37. The van der Waals surface area contributed by atoms with Crippen LogP contribution in [0.15, 0.2) is 48.5 Å². The molecule has 0 aromatic heterocycles. The molecule has 0 fully saturated rings. The van der Waals surface area contributed by atoms with Gasteiger partial charge in [-0.3, -0.25) is 9.59 Å². The first kappa shape index (κ1) is 18.0. The molecule has 0 saturated heterocycles. The zero-order valence-corrected chi connectivity index (χ0v) is 14.8. The molecule has 0 radical (unpaired) electrons. The highest BCUT2D eigenvalue weighted by Gasteiger charge is 2.19. The topological polar surface area (TPSA) is 49.4 Å². The van der Waals surface area contributed by atoms with Crippen LogP contribution in [0.4, 0.5) is 11.4 Å².